The zero-order chi connectivity index (χ0) is 20.7. The molecule has 0 spiro atoms. The second-order valence-electron chi connectivity index (χ2n) is 6.82. The largest absolute Gasteiger partial charge is 0.411 e. The molecule has 0 fully saturated rings. The third-order valence-electron chi connectivity index (χ3n) is 4.79. The summed E-state index contributed by atoms with van der Waals surface area (Å²) in [7, 11) is 0. The van der Waals surface area contributed by atoms with Crippen LogP contribution >= 0.6 is 23.2 Å². The summed E-state index contributed by atoms with van der Waals surface area (Å²) in [6.45, 7) is 9.75. The zero-order valence-corrected chi connectivity index (χ0v) is 18.1. The van der Waals surface area contributed by atoms with Crippen molar-refractivity contribution in [1.82, 2.24) is 20.2 Å². The van der Waals surface area contributed by atoms with Gasteiger partial charge in [0.25, 0.3) is 0 Å². The highest BCUT2D eigenvalue weighted by Gasteiger charge is 2.18. The van der Waals surface area contributed by atoms with Crippen molar-refractivity contribution < 1.29 is 10.0 Å². The van der Waals surface area contributed by atoms with Crippen molar-refractivity contribution in [2.24, 2.45) is 5.92 Å². The topological polar surface area (TPSA) is 70.4 Å². The van der Waals surface area contributed by atoms with Crippen LogP contribution in [0.1, 0.15) is 32.9 Å². The fourth-order valence-electron chi connectivity index (χ4n) is 2.98. The smallest absolute Gasteiger partial charge is 0.223 e. The van der Waals surface area contributed by atoms with Gasteiger partial charge >= 0.3 is 0 Å². The average molecular weight is 427 g/mol. The minimum Gasteiger partial charge on any atom is -0.411 e. The molecule has 0 aliphatic heterocycles. The number of hydrogen-bond acceptors (Lipinski definition) is 4. The molecule has 154 valence electrons. The van der Waals surface area contributed by atoms with Crippen molar-refractivity contribution in [3.63, 3.8) is 0 Å². The van der Waals surface area contributed by atoms with Crippen LogP contribution in [0.15, 0.2) is 24.3 Å². The van der Waals surface area contributed by atoms with Crippen LogP contribution in [0.3, 0.4) is 0 Å². The summed E-state index contributed by atoms with van der Waals surface area (Å²) in [4.78, 5) is 15.5. The van der Waals surface area contributed by atoms with E-state index in [1.54, 1.807) is 24.3 Å². The van der Waals surface area contributed by atoms with Crippen LogP contribution in [0, 0.1) is 5.92 Å². The molecular formula is C20H28Cl2N4O2. The van der Waals surface area contributed by atoms with E-state index < -0.39 is 0 Å². The van der Waals surface area contributed by atoms with Gasteiger partial charge in [0.15, 0.2) is 0 Å². The Kier molecular flexibility index (Phi) is 8.60. The van der Waals surface area contributed by atoms with Gasteiger partial charge in [0, 0.05) is 24.4 Å². The van der Waals surface area contributed by atoms with Crippen molar-refractivity contribution in [2.45, 2.75) is 33.6 Å². The van der Waals surface area contributed by atoms with Gasteiger partial charge in [-0.3, -0.25) is 4.79 Å². The highest BCUT2D eigenvalue weighted by atomic mass is 35.5. The van der Waals surface area contributed by atoms with Crippen LogP contribution in [0.25, 0.3) is 11.3 Å². The molecule has 28 heavy (non-hydrogen) atoms. The Bertz CT molecular complexity index is 791. The lowest BCUT2D eigenvalue weighted by atomic mass is 10.0. The van der Waals surface area contributed by atoms with Crippen LogP contribution < -0.4 is 5.32 Å². The number of carbonyl (C=O) groups excluding carboxylic acids is 1. The molecule has 1 aromatic carbocycles. The minimum absolute atomic E-state index is 0.0307. The van der Waals surface area contributed by atoms with E-state index in [9.17, 15) is 10.0 Å². The number of rotatable bonds is 10. The van der Waals surface area contributed by atoms with Crippen LogP contribution in [0.5, 0.6) is 0 Å². The number of amides is 1. The SMILES string of the molecule is CCN(CC)CCCNC(=O)C(C)Cc1cc(-c2ccc(Cl)c(Cl)c2)nn1O. The van der Waals surface area contributed by atoms with E-state index >= 15 is 0 Å². The number of aromatic nitrogens is 2. The number of carbonyl (C=O) groups is 1. The summed E-state index contributed by atoms with van der Waals surface area (Å²) >= 11 is 12.0. The standard InChI is InChI=1S/C20H28Cl2N4O2/c1-4-25(5-2)10-6-9-23-20(27)14(3)11-16-13-19(24-26(16)28)15-7-8-17(21)18(22)12-15/h7-8,12-14,28H,4-6,9-11H2,1-3H3,(H,23,27). The second kappa shape index (κ2) is 10.7. The Morgan fingerprint density at radius 1 is 1.25 bits per heavy atom. The third-order valence-corrected chi connectivity index (χ3v) is 5.52. The lowest BCUT2D eigenvalue weighted by Crippen LogP contribution is -2.33. The molecule has 2 N–H and O–H groups in total. The van der Waals surface area contributed by atoms with Gasteiger partial charge in [-0.1, -0.05) is 50.0 Å². The van der Waals surface area contributed by atoms with Gasteiger partial charge < -0.3 is 15.4 Å². The monoisotopic (exact) mass is 426 g/mol. The first-order valence-corrected chi connectivity index (χ1v) is 10.3. The Balaban J connectivity index is 1.91. The molecule has 0 radical (unpaired) electrons. The predicted molar refractivity (Wildman–Crippen MR) is 113 cm³/mol. The van der Waals surface area contributed by atoms with Crippen molar-refractivity contribution in [3.8, 4) is 11.3 Å². The molecule has 2 rings (SSSR count). The highest BCUT2D eigenvalue weighted by molar-refractivity contribution is 6.42. The van der Waals surface area contributed by atoms with E-state index in [1.807, 2.05) is 6.92 Å². The molecule has 1 atom stereocenters. The van der Waals surface area contributed by atoms with E-state index in [0.717, 1.165) is 36.5 Å². The van der Waals surface area contributed by atoms with Crippen LogP contribution in [0.4, 0.5) is 0 Å². The fourth-order valence-corrected chi connectivity index (χ4v) is 3.28. The molecule has 0 bridgehead atoms. The summed E-state index contributed by atoms with van der Waals surface area (Å²) in [5.41, 5.74) is 1.88. The molecule has 6 nitrogen and oxygen atoms in total. The van der Waals surface area contributed by atoms with E-state index in [0.29, 0.717) is 34.4 Å². The van der Waals surface area contributed by atoms with Crippen LogP contribution in [-0.2, 0) is 11.2 Å². The summed E-state index contributed by atoms with van der Waals surface area (Å²) in [6, 6.07) is 6.92. The molecular weight excluding hydrogens is 399 g/mol. The van der Waals surface area contributed by atoms with Crippen molar-refractivity contribution in [1.29, 1.82) is 0 Å². The first kappa shape index (κ1) is 22.5. The van der Waals surface area contributed by atoms with Gasteiger partial charge in [0.2, 0.25) is 5.91 Å². The molecule has 0 saturated heterocycles. The molecule has 0 saturated carbocycles. The Morgan fingerprint density at radius 2 is 1.96 bits per heavy atom. The van der Waals surface area contributed by atoms with Crippen molar-refractivity contribution in [2.75, 3.05) is 26.2 Å². The first-order valence-electron chi connectivity index (χ1n) is 9.59. The Labute approximate surface area is 176 Å². The number of nitrogens with zero attached hydrogens (tertiary/aromatic N) is 3. The third kappa shape index (κ3) is 6.12. The van der Waals surface area contributed by atoms with Crippen molar-refractivity contribution >= 4 is 29.1 Å². The molecule has 1 amide bonds. The number of benzene rings is 1. The average Bonchev–Trinajstić information content (AvgIpc) is 3.04. The van der Waals surface area contributed by atoms with Gasteiger partial charge in [-0.15, -0.1) is 9.94 Å². The second-order valence-corrected chi connectivity index (χ2v) is 7.63. The van der Waals surface area contributed by atoms with Gasteiger partial charge in [-0.25, -0.2) is 0 Å². The van der Waals surface area contributed by atoms with Gasteiger partial charge in [0.05, 0.1) is 21.4 Å². The van der Waals surface area contributed by atoms with Crippen LogP contribution in [0.2, 0.25) is 10.0 Å². The lowest BCUT2D eigenvalue weighted by molar-refractivity contribution is -0.124. The minimum atomic E-state index is -0.280. The summed E-state index contributed by atoms with van der Waals surface area (Å²) in [6.07, 6.45) is 1.30. The summed E-state index contributed by atoms with van der Waals surface area (Å²) < 4.78 is 0. The van der Waals surface area contributed by atoms with Gasteiger partial charge in [-0.2, -0.15) is 0 Å². The molecule has 2 aromatic rings. The summed E-state index contributed by atoms with van der Waals surface area (Å²) in [5, 5.41) is 18.0. The van der Waals surface area contributed by atoms with Gasteiger partial charge in [0.1, 0.15) is 0 Å². The van der Waals surface area contributed by atoms with E-state index in [2.05, 4.69) is 29.2 Å². The van der Waals surface area contributed by atoms with E-state index in [4.69, 9.17) is 23.2 Å². The number of halogens is 2. The summed E-state index contributed by atoms with van der Waals surface area (Å²) in [5.74, 6) is -0.311. The van der Waals surface area contributed by atoms with Crippen molar-refractivity contribution in [3.05, 3.63) is 40.0 Å². The quantitative estimate of drug-likeness (QED) is 0.442. The molecule has 0 aliphatic rings. The Hall–Kier alpha value is -1.76. The van der Waals surface area contributed by atoms with E-state index in [1.165, 1.54) is 0 Å². The normalized spacial score (nSPS) is 12.4. The highest BCUT2D eigenvalue weighted by Crippen LogP contribution is 2.28. The molecule has 0 aliphatic carbocycles. The maximum Gasteiger partial charge on any atom is 0.223 e. The van der Waals surface area contributed by atoms with Crippen LogP contribution in [-0.4, -0.2) is 52.1 Å². The molecule has 1 aromatic heterocycles. The number of hydrogen-bond donors (Lipinski definition) is 2. The molecule has 1 heterocycles. The zero-order valence-electron chi connectivity index (χ0n) is 16.6. The Morgan fingerprint density at radius 3 is 2.61 bits per heavy atom. The molecule has 8 heteroatoms. The van der Waals surface area contributed by atoms with Gasteiger partial charge in [-0.05, 0) is 44.3 Å². The lowest BCUT2D eigenvalue weighted by Gasteiger charge is -2.18. The maximum atomic E-state index is 12.3. The number of nitrogens with one attached hydrogen (secondary N) is 1. The van der Waals surface area contributed by atoms with E-state index in [-0.39, 0.29) is 11.8 Å². The molecule has 1 unspecified atom stereocenters. The first-order chi connectivity index (χ1) is 13.3. The fraction of sp³-hybridized carbons (Fsp3) is 0.500. The predicted octanol–water partition coefficient (Wildman–Crippen LogP) is 4.12. The maximum absolute atomic E-state index is 12.3.